The highest BCUT2D eigenvalue weighted by Crippen LogP contribution is 2.32. The van der Waals surface area contributed by atoms with Gasteiger partial charge in [0.25, 0.3) is 5.91 Å². The number of nitrogens with one attached hydrogen (secondary N) is 1. The van der Waals surface area contributed by atoms with E-state index < -0.39 is 52.9 Å². The van der Waals surface area contributed by atoms with E-state index in [4.69, 9.17) is 23.7 Å². The van der Waals surface area contributed by atoms with Gasteiger partial charge in [-0.1, -0.05) is 24.8 Å². The van der Waals surface area contributed by atoms with Crippen LogP contribution in [0.25, 0.3) is 0 Å². The van der Waals surface area contributed by atoms with Crippen molar-refractivity contribution in [1.29, 1.82) is 0 Å². The number of benzene rings is 2. The molecule has 12 nitrogen and oxygen atoms in total. The summed E-state index contributed by atoms with van der Waals surface area (Å²) in [4.78, 5) is 66.1. The van der Waals surface area contributed by atoms with Crippen molar-refractivity contribution in [1.82, 2.24) is 4.90 Å². The van der Waals surface area contributed by atoms with Crippen LogP contribution in [0.2, 0.25) is 0 Å². The Morgan fingerprint density at radius 3 is 2.35 bits per heavy atom. The van der Waals surface area contributed by atoms with Gasteiger partial charge in [-0.25, -0.2) is 14.4 Å². The van der Waals surface area contributed by atoms with Crippen LogP contribution >= 0.6 is 0 Å². The number of carbonyl (C=O) groups is 5. The molecular formula is C37H48N2O10. The van der Waals surface area contributed by atoms with Crippen LogP contribution in [0, 0.1) is 5.41 Å². The van der Waals surface area contributed by atoms with Gasteiger partial charge in [0.1, 0.15) is 24.4 Å². The van der Waals surface area contributed by atoms with Gasteiger partial charge in [0, 0.05) is 18.3 Å². The molecule has 2 amide bonds. The summed E-state index contributed by atoms with van der Waals surface area (Å²) in [6.07, 6.45) is 1.96. The number of carbonyl (C=O) groups excluding carboxylic acids is 5. The largest absolute Gasteiger partial charge is 0.493 e. The minimum atomic E-state index is -1.33. The minimum absolute atomic E-state index is 0.193. The number of amides is 2. The number of Topliss-reactive ketones (excluding diaryl/α,β-unsaturated/α-hetero) is 1. The topological polar surface area (TPSA) is 147 Å². The second kappa shape index (κ2) is 17.0. The highest BCUT2D eigenvalue weighted by Gasteiger charge is 2.42. The van der Waals surface area contributed by atoms with E-state index in [1.54, 1.807) is 65.3 Å². The molecule has 0 bridgehead atoms. The first kappa shape index (κ1) is 38.6. The number of ether oxygens (including phenoxy) is 5. The summed E-state index contributed by atoms with van der Waals surface area (Å²) in [5.74, 6) is -1.85. The van der Waals surface area contributed by atoms with Gasteiger partial charge in [-0.05, 0) is 102 Å². The Morgan fingerprint density at radius 2 is 1.69 bits per heavy atom. The number of nitrogens with zero attached hydrogens (tertiary/aromatic N) is 1. The maximum atomic E-state index is 13.9. The highest BCUT2D eigenvalue weighted by molar-refractivity contribution is 6.38. The number of likely N-dealkylation sites (tertiary alicyclic amines) is 1. The molecule has 2 aromatic carbocycles. The van der Waals surface area contributed by atoms with Crippen LogP contribution in [0.1, 0.15) is 77.5 Å². The fourth-order valence-corrected chi connectivity index (χ4v) is 5.30. The Kier molecular flexibility index (Phi) is 13.4. The molecule has 1 saturated heterocycles. The zero-order chi connectivity index (χ0) is 36.4. The van der Waals surface area contributed by atoms with Crippen molar-refractivity contribution in [2.75, 3.05) is 32.7 Å². The van der Waals surface area contributed by atoms with E-state index >= 15 is 0 Å². The van der Waals surface area contributed by atoms with Crippen molar-refractivity contribution in [2.45, 2.75) is 84.5 Å². The molecule has 0 aromatic heterocycles. The molecule has 2 unspecified atom stereocenters. The molecule has 266 valence electrons. The zero-order valence-electron chi connectivity index (χ0n) is 29.5. The summed E-state index contributed by atoms with van der Waals surface area (Å²) in [7, 11) is 3.10. The van der Waals surface area contributed by atoms with E-state index in [1.165, 1.54) is 18.7 Å². The lowest BCUT2D eigenvalue weighted by Gasteiger charge is -2.36. The molecule has 0 spiro atoms. The molecule has 1 aliphatic heterocycles. The molecule has 0 radical (unpaired) electrons. The van der Waals surface area contributed by atoms with E-state index in [0.29, 0.717) is 54.9 Å². The number of aryl methyl sites for hydroxylation is 1. The Labute approximate surface area is 288 Å². The van der Waals surface area contributed by atoms with Crippen LogP contribution in [0.4, 0.5) is 10.5 Å². The van der Waals surface area contributed by atoms with E-state index in [1.807, 2.05) is 12.1 Å². The first-order valence-electron chi connectivity index (χ1n) is 16.2. The SMILES string of the molecule is C=CC(=O)OCC(C)(C)C(=O)C(=O)N1CCCCC1C(=O)OC(CCc1ccc(OC)c(OC)c1)c1cccc(NC(=O)OC(C)(C)C)c1. The first-order chi connectivity index (χ1) is 23.1. The molecule has 1 fully saturated rings. The molecule has 49 heavy (non-hydrogen) atoms. The molecule has 1 aliphatic rings. The first-order valence-corrected chi connectivity index (χ1v) is 16.2. The van der Waals surface area contributed by atoms with E-state index in [2.05, 4.69) is 11.9 Å². The Balaban J connectivity index is 1.88. The van der Waals surface area contributed by atoms with Gasteiger partial charge >= 0.3 is 18.0 Å². The van der Waals surface area contributed by atoms with E-state index in [-0.39, 0.29) is 13.2 Å². The predicted molar refractivity (Wildman–Crippen MR) is 182 cm³/mol. The second-order valence-electron chi connectivity index (χ2n) is 13.4. The summed E-state index contributed by atoms with van der Waals surface area (Å²) in [5, 5.41) is 2.72. The number of rotatable bonds is 14. The smallest absolute Gasteiger partial charge is 0.412 e. The molecule has 1 heterocycles. The van der Waals surface area contributed by atoms with Gasteiger partial charge in [0.15, 0.2) is 11.5 Å². The molecule has 0 saturated carbocycles. The quantitative estimate of drug-likeness (QED) is 0.110. The van der Waals surface area contributed by atoms with Gasteiger partial charge in [-0.3, -0.25) is 14.9 Å². The second-order valence-corrected chi connectivity index (χ2v) is 13.4. The van der Waals surface area contributed by atoms with E-state index in [9.17, 15) is 24.0 Å². The lowest BCUT2D eigenvalue weighted by molar-refractivity contribution is -0.165. The third kappa shape index (κ3) is 11.1. The third-order valence-electron chi connectivity index (χ3n) is 7.89. The van der Waals surface area contributed by atoms with Gasteiger partial charge in [-0.15, -0.1) is 0 Å². The normalized spacial score (nSPS) is 15.3. The van der Waals surface area contributed by atoms with Crippen molar-refractivity contribution in [2.24, 2.45) is 5.41 Å². The maximum absolute atomic E-state index is 13.9. The number of methoxy groups -OCH3 is 2. The summed E-state index contributed by atoms with van der Waals surface area (Å²) in [6, 6.07) is 11.5. The summed E-state index contributed by atoms with van der Waals surface area (Å²) < 4.78 is 27.4. The number of esters is 2. The summed E-state index contributed by atoms with van der Waals surface area (Å²) in [6.45, 7) is 11.5. The molecule has 3 rings (SSSR count). The van der Waals surface area contributed by atoms with Crippen molar-refractivity contribution in [3.8, 4) is 11.5 Å². The fraction of sp³-hybridized carbons (Fsp3) is 0.486. The van der Waals surface area contributed by atoms with Crippen molar-refractivity contribution >= 4 is 35.4 Å². The van der Waals surface area contributed by atoms with Crippen LogP contribution in [0.5, 0.6) is 11.5 Å². The van der Waals surface area contributed by atoms with Crippen molar-refractivity contribution in [3.63, 3.8) is 0 Å². The van der Waals surface area contributed by atoms with Gasteiger partial charge < -0.3 is 28.6 Å². The van der Waals surface area contributed by atoms with Gasteiger partial charge in [0.2, 0.25) is 5.78 Å². The summed E-state index contributed by atoms with van der Waals surface area (Å²) in [5.41, 5.74) is -0.0720. The third-order valence-corrected chi connectivity index (χ3v) is 7.89. The average molecular weight is 681 g/mol. The number of piperidine rings is 1. The van der Waals surface area contributed by atoms with Gasteiger partial charge in [-0.2, -0.15) is 0 Å². The van der Waals surface area contributed by atoms with Crippen molar-refractivity contribution < 1.29 is 47.7 Å². The molecule has 12 heteroatoms. The highest BCUT2D eigenvalue weighted by atomic mass is 16.6. The molecule has 0 aliphatic carbocycles. The molecule has 2 atom stereocenters. The molecule has 2 aromatic rings. The minimum Gasteiger partial charge on any atom is -0.493 e. The van der Waals surface area contributed by atoms with E-state index in [0.717, 1.165) is 11.6 Å². The number of ketones is 1. The molecule has 1 N–H and O–H groups in total. The Bertz CT molecular complexity index is 1530. The number of hydrogen-bond donors (Lipinski definition) is 1. The number of hydrogen-bond acceptors (Lipinski definition) is 10. The van der Waals surface area contributed by atoms with Crippen LogP contribution in [0.15, 0.2) is 55.1 Å². The van der Waals surface area contributed by atoms with Crippen molar-refractivity contribution in [3.05, 3.63) is 66.2 Å². The lowest BCUT2D eigenvalue weighted by Crippen LogP contribution is -2.53. The zero-order valence-corrected chi connectivity index (χ0v) is 29.5. The summed E-state index contributed by atoms with van der Waals surface area (Å²) >= 11 is 0. The van der Waals surface area contributed by atoms with Crippen LogP contribution < -0.4 is 14.8 Å². The standard InChI is InChI=1S/C37H48N2O10/c1-9-31(40)47-23-37(5,6)32(41)33(42)39-20-11-10-15-27(39)34(43)48-28(18-16-24-17-19-29(45-7)30(21-24)46-8)25-13-12-14-26(22-25)38-35(44)49-36(2,3)4/h9,12-14,17,19,21-22,27-28H,1,10-11,15-16,18,20,23H2,2-8H3,(H,38,44). The Morgan fingerprint density at radius 1 is 0.980 bits per heavy atom. The van der Waals surface area contributed by atoms with Crippen LogP contribution in [-0.2, 0) is 39.8 Å². The van der Waals surface area contributed by atoms with Crippen LogP contribution in [-0.4, -0.2) is 73.6 Å². The predicted octanol–water partition coefficient (Wildman–Crippen LogP) is 5.97. The molecular weight excluding hydrogens is 632 g/mol. The lowest BCUT2D eigenvalue weighted by atomic mass is 9.87. The van der Waals surface area contributed by atoms with Crippen LogP contribution in [0.3, 0.4) is 0 Å². The monoisotopic (exact) mass is 680 g/mol. The van der Waals surface area contributed by atoms with Gasteiger partial charge in [0.05, 0.1) is 19.6 Å². The maximum Gasteiger partial charge on any atom is 0.412 e. The number of anilines is 1. The fourth-order valence-electron chi connectivity index (χ4n) is 5.30. The Hall–Kier alpha value is -4.87. The average Bonchev–Trinajstić information content (AvgIpc) is 3.07.